The highest BCUT2D eigenvalue weighted by Crippen LogP contribution is 2.29. The van der Waals surface area contributed by atoms with E-state index in [0.29, 0.717) is 11.5 Å². The second-order valence-corrected chi connectivity index (χ2v) is 4.89. The van der Waals surface area contributed by atoms with Crippen LogP contribution in [0.5, 0.6) is 0 Å². The fraction of sp³-hybridized carbons (Fsp3) is 0.462. The van der Waals surface area contributed by atoms with Crippen LogP contribution in [0.2, 0.25) is 5.02 Å². The third-order valence-electron chi connectivity index (χ3n) is 3.02. The van der Waals surface area contributed by atoms with Crippen molar-refractivity contribution in [1.82, 2.24) is 5.32 Å². The predicted molar refractivity (Wildman–Crippen MR) is 66.9 cm³/mol. The van der Waals surface area contributed by atoms with Crippen LogP contribution < -0.4 is 5.32 Å². The van der Waals surface area contributed by atoms with E-state index in [4.69, 9.17) is 16.3 Å². The Hall–Kier alpha value is -1.13. The summed E-state index contributed by atoms with van der Waals surface area (Å²) in [5, 5.41) is 3.16. The summed E-state index contributed by atoms with van der Waals surface area (Å²) in [5.74, 6) is -0.331. The van der Waals surface area contributed by atoms with E-state index in [1.807, 2.05) is 0 Å². The lowest BCUT2D eigenvalue weighted by atomic mass is 10.1. The normalized spacial score (nSPS) is 16.4. The van der Waals surface area contributed by atoms with E-state index in [1.165, 1.54) is 32.1 Å². The molecule has 0 spiro atoms. The number of carbonyl (C=O) groups is 1. The number of methoxy groups -OCH3 is 1. The van der Waals surface area contributed by atoms with Crippen molar-refractivity contribution in [3.63, 3.8) is 0 Å². The first kappa shape index (κ1) is 13.3. The van der Waals surface area contributed by atoms with Crippen molar-refractivity contribution in [3.05, 3.63) is 34.6 Å². The van der Waals surface area contributed by atoms with Crippen LogP contribution >= 0.6 is 11.6 Å². The van der Waals surface area contributed by atoms with Crippen molar-refractivity contribution in [2.75, 3.05) is 13.7 Å². The Morgan fingerprint density at radius 1 is 1.61 bits per heavy atom. The van der Waals surface area contributed by atoms with Gasteiger partial charge in [-0.2, -0.15) is 0 Å². The average molecular weight is 272 g/mol. The Labute approximate surface area is 110 Å². The first-order valence-corrected chi connectivity index (χ1v) is 6.25. The van der Waals surface area contributed by atoms with Crippen molar-refractivity contribution in [1.29, 1.82) is 0 Å². The minimum atomic E-state index is -0.637. The second kappa shape index (κ2) is 5.67. The van der Waals surface area contributed by atoms with Gasteiger partial charge in [-0.25, -0.2) is 9.18 Å². The van der Waals surface area contributed by atoms with Gasteiger partial charge in [0.1, 0.15) is 11.9 Å². The maximum atomic E-state index is 13.4. The highest BCUT2D eigenvalue weighted by atomic mass is 35.5. The smallest absolute Gasteiger partial charge is 0.327 e. The standard InChI is InChI=1S/C13H15ClFNO2/c1-18-13(17)12(16-7-8-2-3-8)9-4-5-10(14)11(15)6-9/h4-6,8,12,16H,2-3,7H2,1H3. The quantitative estimate of drug-likeness (QED) is 0.837. The second-order valence-electron chi connectivity index (χ2n) is 4.48. The van der Waals surface area contributed by atoms with E-state index in [0.717, 1.165) is 6.54 Å². The van der Waals surface area contributed by atoms with Gasteiger partial charge in [-0.15, -0.1) is 0 Å². The van der Waals surface area contributed by atoms with Crippen LogP contribution in [0.15, 0.2) is 18.2 Å². The van der Waals surface area contributed by atoms with E-state index < -0.39 is 17.8 Å². The number of carbonyl (C=O) groups excluding carboxylic acids is 1. The number of hydrogen-bond donors (Lipinski definition) is 1. The summed E-state index contributed by atoms with van der Waals surface area (Å²) < 4.78 is 18.1. The van der Waals surface area contributed by atoms with Crippen LogP contribution in [-0.4, -0.2) is 19.6 Å². The van der Waals surface area contributed by atoms with Gasteiger partial charge < -0.3 is 10.1 Å². The van der Waals surface area contributed by atoms with Crippen molar-refractivity contribution < 1.29 is 13.9 Å². The molecule has 18 heavy (non-hydrogen) atoms. The highest BCUT2D eigenvalue weighted by molar-refractivity contribution is 6.30. The Morgan fingerprint density at radius 3 is 2.89 bits per heavy atom. The fourth-order valence-electron chi connectivity index (χ4n) is 1.75. The summed E-state index contributed by atoms with van der Waals surface area (Å²) in [6.45, 7) is 0.740. The van der Waals surface area contributed by atoms with Gasteiger partial charge in [-0.3, -0.25) is 0 Å². The molecule has 1 N–H and O–H groups in total. The van der Waals surface area contributed by atoms with Crippen LogP contribution in [-0.2, 0) is 9.53 Å². The van der Waals surface area contributed by atoms with Gasteiger partial charge in [-0.1, -0.05) is 17.7 Å². The molecular weight excluding hydrogens is 257 g/mol. The molecule has 1 fully saturated rings. The minimum absolute atomic E-state index is 0.0459. The zero-order chi connectivity index (χ0) is 13.1. The van der Waals surface area contributed by atoms with Crippen LogP contribution in [0, 0.1) is 11.7 Å². The molecule has 98 valence electrons. The van der Waals surface area contributed by atoms with E-state index in [2.05, 4.69) is 5.32 Å². The molecular formula is C13H15ClFNO2. The van der Waals surface area contributed by atoms with Gasteiger partial charge in [0, 0.05) is 0 Å². The van der Waals surface area contributed by atoms with Crippen molar-refractivity contribution in [2.45, 2.75) is 18.9 Å². The van der Waals surface area contributed by atoms with Gasteiger partial charge >= 0.3 is 5.97 Å². The highest BCUT2D eigenvalue weighted by Gasteiger charge is 2.26. The summed E-state index contributed by atoms with van der Waals surface area (Å²) >= 11 is 5.62. The van der Waals surface area contributed by atoms with Crippen molar-refractivity contribution in [3.8, 4) is 0 Å². The molecule has 2 rings (SSSR count). The first-order valence-electron chi connectivity index (χ1n) is 5.88. The zero-order valence-corrected chi connectivity index (χ0v) is 10.8. The van der Waals surface area contributed by atoms with Crippen LogP contribution in [0.4, 0.5) is 4.39 Å². The Balaban J connectivity index is 2.14. The molecule has 0 bridgehead atoms. The Kier molecular flexibility index (Phi) is 4.19. The molecule has 0 amide bonds. The Morgan fingerprint density at radius 2 is 2.33 bits per heavy atom. The third kappa shape index (κ3) is 3.21. The molecule has 0 aromatic heterocycles. The molecule has 5 heteroatoms. The first-order chi connectivity index (χ1) is 8.61. The zero-order valence-electron chi connectivity index (χ0n) is 10.1. The van der Waals surface area contributed by atoms with Crippen molar-refractivity contribution >= 4 is 17.6 Å². The molecule has 1 atom stereocenters. The number of rotatable bonds is 5. The van der Waals surface area contributed by atoms with Gasteiger partial charge in [0.25, 0.3) is 0 Å². The van der Waals surface area contributed by atoms with Gasteiger partial charge in [0.2, 0.25) is 0 Å². The van der Waals surface area contributed by atoms with E-state index in [9.17, 15) is 9.18 Å². The topological polar surface area (TPSA) is 38.3 Å². The summed E-state index contributed by atoms with van der Waals surface area (Å²) in [6.07, 6.45) is 2.35. The Bertz CT molecular complexity index is 449. The predicted octanol–water partition coefficient (Wildman–Crippen LogP) is 2.69. The van der Waals surface area contributed by atoms with E-state index >= 15 is 0 Å². The molecule has 0 heterocycles. The summed E-state index contributed by atoms with van der Waals surface area (Å²) in [5.41, 5.74) is 0.532. The van der Waals surface area contributed by atoms with E-state index in [-0.39, 0.29) is 5.02 Å². The lowest BCUT2D eigenvalue weighted by molar-refractivity contribution is -0.143. The lowest BCUT2D eigenvalue weighted by Gasteiger charge is -2.17. The molecule has 1 aromatic carbocycles. The molecule has 1 aliphatic rings. The molecule has 1 unspecified atom stereocenters. The molecule has 0 radical (unpaired) electrons. The molecule has 1 aromatic rings. The van der Waals surface area contributed by atoms with Crippen LogP contribution in [0.1, 0.15) is 24.4 Å². The number of esters is 1. The molecule has 3 nitrogen and oxygen atoms in total. The maximum absolute atomic E-state index is 13.4. The summed E-state index contributed by atoms with van der Waals surface area (Å²) in [6, 6.07) is 3.71. The van der Waals surface area contributed by atoms with Crippen molar-refractivity contribution in [2.24, 2.45) is 5.92 Å². The summed E-state index contributed by atoms with van der Waals surface area (Å²) in [4.78, 5) is 11.7. The maximum Gasteiger partial charge on any atom is 0.327 e. The number of halogens is 2. The van der Waals surface area contributed by atoms with E-state index in [1.54, 1.807) is 6.07 Å². The van der Waals surface area contributed by atoms with Crippen LogP contribution in [0.3, 0.4) is 0 Å². The number of ether oxygens (including phenoxy) is 1. The monoisotopic (exact) mass is 271 g/mol. The lowest BCUT2D eigenvalue weighted by Crippen LogP contribution is -2.31. The molecule has 1 saturated carbocycles. The van der Waals surface area contributed by atoms with Gasteiger partial charge in [-0.05, 0) is 43.0 Å². The number of hydrogen-bond acceptors (Lipinski definition) is 3. The fourth-order valence-corrected chi connectivity index (χ4v) is 1.87. The molecule has 0 aliphatic heterocycles. The minimum Gasteiger partial charge on any atom is -0.468 e. The number of nitrogens with one attached hydrogen (secondary N) is 1. The summed E-state index contributed by atoms with van der Waals surface area (Å²) in [7, 11) is 1.32. The molecule has 0 saturated heterocycles. The third-order valence-corrected chi connectivity index (χ3v) is 3.33. The number of benzene rings is 1. The van der Waals surface area contributed by atoms with Crippen LogP contribution in [0.25, 0.3) is 0 Å². The SMILES string of the molecule is COC(=O)C(NCC1CC1)c1ccc(Cl)c(F)c1. The largest absolute Gasteiger partial charge is 0.468 e. The van der Waals surface area contributed by atoms with Gasteiger partial charge in [0.15, 0.2) is 0 Å². The molecule has 1 aliphatic carbocycles. The average Bonchev–Trinajstić information content (AvgIpc) is 3.17. The van der Waals surface area contributed by atoms with Gasteiger partial charge in [0.05, 0.1) is 12.1 Å².